The van der Waals surface area contributed by atoms with Gasteiger partial charge in [-0.05, 0) is 66.7 Å². The number of hydrogen-bond acceptors (Lipinski definition) is 13. The highest BCUT2D eigenvalue weighted by Crippen LogP contribution is 2.31. The van der Waals surface area contributed by atoms with Crippen molar-refractivity contribution < 1.29 is 102 Å². The van der Waals surface area contributed by atoms with E-state index in [9.17, 15) is 88.2 Å². The molecule has 4 amide bonds. The molecule has 4 aromatic rings. The maximum Gasteiger partial charge on any atom is 0.308 e. The number of esters is 1. The first-order valence-corrected chi connectivity index (χ1v) is 29.0. The van der Waals surface area contributed by atoms with Crippen LogP contribution < -0.4 is 20.1 Å². The minimum Gasteiger partial charge on any atom is -0.481 e. The largest absolute Gasteiger partial charge is 0.481 e. The van der Waals surface area contributed by atoms with E-state index in [1.54, 1.807) is 69.3 Å². The average Bonchev–Trinajstić information content (AvgIpc) is 1.16. The van der Waals surface area contributed by atoms with Gasteiger partial charge in [-0.1, -0.05) is 114 Å². The van der Waals surface area contributed by atoms with Crippen molar-refractivity contribution in [3.05, 3.63) is 154 Å². The van der Waals surface area contributed by atoms with Gasteiger partial charge in [-0.3, -0.25) is 47.9 Å². The first-order valence-electron chi connectivity index (χ1n) is 29.0. The molecule has 6 rings (SSSR count). The van der Waals surface area contributed by atoms with Crippen molar-refractivity contribution in [1.29, 1.82) is 0 Å². The number of nitrogens with one attached hydrogen (secondary N) is 2. The molecule has 0 bridgehead atoms. The fraction of sp³-hybridized carbons (Fsp3) is 0.424. The lowest BCUT2D eigenvalue weighted by Crippen LogP contribution is -2.49. The third-order valence-electron chi connectivity index (χ3n) is 14.3. The molecule has 0 saturated heterocycles. The lowest BCUT2D eigenvalue weighted by molar-refractivity contribution is -0.156. The minimum atomic E-state index is -1.90. The second-order valence-electron chi connectivity index (χ2n) is 24.9. The van der Waals surface area contributed by atoms with Crippen LogP contribution in [0.25, 0.3) is 0 Å². The van der Waals surface area contributed by atoms with Crippen LogP contribution in [0.5, 0.6) is 11.5 Å². The van der Waals surface area contributed by atoms with Crippen molar-refractivity contribution in [2.75, 3.05) is 39.4 Å². The molecule has 3 N–H and O–H groups in total. The molecule has 0 aliphatic carbocycles. The zero-order valence-electron chi connectivity index (χ0n) is 52.1. The smallest absolute Gasteiger partial charge is 0.308 e. The number of ether oxygens (including phenoxy) is 3. The van der Waals surface area contributed by atoms with Crippen molar-refractivity contribution in [3.8, 4) is 11.5 Å². The number of aliphatic carboxylic acids is 1. The summed E-state index contributed by atoms with van der Waals surface area (Å²) in [6.07, 6.45) is 4.67. The van der Waals surface area contributed by atoms with Gasteiger partial charge in [0.1, 0.15) is 30.9 Å². The first kappa shape index (κ1) is 73.6. The normalized spacial score (nSPS) is 15.7. The molecule has 0 spiro atoms. The molecule has 2 aliphatic rings. The van der Waals surface area contributed by atoms with E-state index in [1.165, 1.54) is 9.80 Å². The molecule has 0 fully saturated rings. The molecule has 0 radical (unpaired) electrons. The summed E-state index contributed by atoms with van der Waals surface area (Å²) < 4.78 is 125. The highest BCUT2D eigenvalue weighted by Gasteiger charge is 2.36. The van der Waals surface area contributed by atoms with Gasteiger partial charge in [0.2, 0.25) is 46.6 Å². The number of rotatable bonds is 22. The highest BCUT2D eigenvalue weighted by atomic mass is 19.2. The zero-order chi connectivity index (χ0) is 68.7. The van der Waals surface area contributed by atoms with Gasteiger partial charge >= 0.3 is 11.9 Å². The Morgan fingerprint density at radius 3 is 1.21 bits per heavy atom. The summed E-state index contributed by atoms with van der Waals surface area (Å²) in [4.78, 5) is 131. The number of allylic oxidation sites excluding steroid dienone is 2. The van der Waals surface area contributed by atoms with Crippen LogP contribution in [0, 0.1) is 58.4 Å². The molecule has 0 unspecified atom stereocenters. The molecular weight excluding hydrogens is 1220 g/mol. The zero-order valence-corrected chi connectivity index (χ0v) is 52.1. The van der Waals surface area contributed by atoms with Crippen molar-refractivity contribution in [2.45, 2.75) is 129 Å². The molecule has 26 heteroatoms. The molecule has 92 heavy (non-hydrogen) atoms. The average molecular weight is 1300 g/mol. The Hall–Kier alpha value is -9.10. The van der Waals surface area contributed by atoms with Crippen LogP contribution in [0.4, 0.5) is 35.1 Å². The van der Waals surface area contributed by atoms with Gasteiger partial charge in [-0.15, -0.1) is 0 Å². The molecule has 18 nitrogen and oxygen atoms in total. The van der Waals surface area contributed by atoms with Gasteiger partial charge in [0, 0.05) is 51.2 Å². The van der Waals surface area contributed by atoms with Gasteiger partial charge < -0.3 is 39.8 Å². The highest BCUT2D eigenvalue weighted by molar-refractivity contribution is 6.37. The number of nitrogens with zero attached hydrogens (tertiary/aromatic N) is 2. The number of carboxylic acids is 1. The van der Waals surface area contributed by atoms with Crippen molar-refractivity contribution in [1.82, 2.24) is 20.4 Å². The monoisotopic (exact) mass is 1300 g/mol. The summed E-state index contributed by atoms with van der Waals surface area (Å²) in [5.74, 6) is -28.9. The number of Topliss-reactive ketones (excluding diaryl/α,β-unsaturated/α-hetero) is 4. The van der Waals surface area contributed by atoms with Gasteiger partial charge in [0.25, 0.3) is 11.8 Å². The molecule has 4 aromatic carbocycles. The number of halogens is 8. The van der Waals surface area contributed by atoms with Crippen molar-refractivity contribution in [2.24, 2.45) is 11.8 Å². The fourth-order valence-electron chi connectivity index (χ4n) is 9.77. The Balaban J connectivity index is 0.000000335. The van der Waals surface area contributed by atoms with E-state index in [0.29, 0.717) is 11.1 Å². The van der Waals surface area contributed by atoms with Crippen LogP contribution in [-0.2, 0) is 76.4 Å². The SMILES string of the molecule is CC(C)(C)OC(=O)C[C@H](NC(=O)[C@@H]1CC=CCN(C(=O)C(=O)Cc2ccccc2C(C)(C)C)C1)C(=O)COc1c(F)c(F)cc(F)c1F.CC(C)(C)c1ccccc1CC(=O)C(=O)N1CC=CC[C@@H](C(=O)N[C@@H](CC(=O)O)C(=O)COc2c(F)c(F)cc(F)c2F)C1. The van der Waals surface area contributed by atoms with Gasteiger partial charge in [0.15, 0.2) is 46.3 Å². The third kappa shape index (κ3) is 20.7. The van der Waals surface area contributed by atoms with Crippen molar-refractivity contribution >= 4 is 58.7 Å². The van der Waals surface area contributed by atoms with Crippen molar-refractivity contribution in [3.63, 3.8) is 0 Å². The van der Waals surface area contributed by atoms with Crippen LogP contribution in [-0.4, -0.2) is 131 Å². The standard InChI is InChI=1S/C35H40F4N2O7.C31H32F4N2O7/c1-34(2,3)22-13-8-7-11-20(22)15-26(42)33(46)41-14-10-9-12-21(18-41)32(45)40-25(17-28(44)48-35(4,5)6)27(43)19-47-31-29(38)23(36)16-24(37)30(31)39;1-31(2,3)19-10-5-4-8-17(19)12-23(38)30(43)37-11-7-6-9-18(15-37)29(42)36-22(14-25(40)41)24(39)16-44-28-26(34)20(32)13-21(33)27(28)35/h7-11,13,16,21,25H,12,14-15,17-19H2,1-6H3,(H,40,45);4-8,10,13,18,22H,9,11-12,14-16H2,1-3H3,(H,36,42)(H,40,41)/t21-,25+;18-,22+/m11/s1. The Kier molecular flexibility index (Phi) is 25.4. The van der Waals surface area contributed by atoms with Gasteiger partial charge in [-0.2, -0.15) is 17.6 Å². The predicted molar refractivity (Wildman–Crippen MR) is 315 cm³/mol. The van der Waals surface area contributed by atoms with Crippen LogP contribution in [0.3, 0.4) is 0 Å². The number of carbonyl (C=O) groups excluding carboxylic acids is 9. The van der Waals surface area contributed by atoms with Crippen LogP contribution in [0.15, 0.2) is 85.0 Å². The number of ketones is 4. The van der Waals surface area contributed by atoms with Crippen LogP contribution >= 0.6 is 0 Å². The summed E-state index contributed by atoms with van der Waals surface area (Å²) in [5.41, 5.74) is 1.69. The van der Waals surface area contributed by atoms with E-state index in [0.717, 1.165) is 11.1 Å². The van der Waals surface area contributed by atoms with E-state index in [1.807, 2.05) is 65.8 Å². The predicted octanol–water partition coefficient (Wildman–Crippen LogP) is 8.59. The topological polar surface area (TPSA) is 249 Å². The molecule has 0 aromatic heterocycles. The third-order valence-corrected chi connectivity index (χ3v) is 14.3. The van der Waals surface area contributed by atoms with E-state index < -0.39 is 172 Å². The van der Waals surface area contributed by atoms with Gasteiger partial charge in [0.05, 0.1) is 24.7 Å². The van der Waals surface area contributed by atoms with E-state index in [-0.39, 0.29) is 74.8 Å². The second-order valence-corrected chi connectivity index (χ2v) is 24.9. The lowest BCUT2D eigenvalue weighted by Gasteiger charge is -2.26. The quantitative estimate of drug-likeness (QED) is 0.0219. The maximum atomic E-state index is 14.1. The summed E-state index contributed by atoms with van der Waals surface area (Å²) >= 11 is 0. The molecule has 4 atom stereocenters. The Morgan fingerprint density at radius 1 is 0.522 bits per heavy atom. The summed E-state index contributed by atoms with van der Waals surface area (Å²) in [5, 5.41) is 13.9. The molecule has 0 saturated carbocycles. The second kappa shape index (κ2) is 31.8. The van der Waals surface area contributed by atoms with Crippen LogP contribution in [0.1, 0.15) is 110 Å². The van der Waals surface area contributed by atoms with E-state index in [2.05, 4.69) is 15.4 Å². The minimum absolute atomic E-state index is 0.0293. The first-order chi connectivity index (χ1) is 42.9. The lowest BCUT2D eigenvalue weighted by atomic mass is 9.82. The summed E-state index contributed by atoms with van der Waals surface area (Å²) in [6.45, 7) is 13.9. The fourth-order valence-corrected chi connectivity index (χ4v) is 9.77. The van der Waals surface area contributed by atoms with E-state index in [4.69, 9.17) is 9.47 Å². The molecular formula is C66H72F8N4O14. The number of carbonyl (C=O) groups is 10. The summed E-state index contributed by atoms with van der Waals surface area (Å²) in [6, 6.07) is 11.1. The maximum absolute atomic E-state index is 14.1. The molecule has 2 aliphatic heterocycles. The Labute approximate surface area is 525 Å². The summed E-state index contributed by atoms with van der Waals surface area (Å²) in [7, 11) is 0. The Morgan fingerprint density at radius 2 is 0.870 bits per heavy atom. The number of benzene rings is 4. The van der Waals surface area contributed by atoms with E-state index >= 15 is 0 Å². The number of hydrogen-bond donors (Lipinski definition) is 3. The van der Waals surface area contributed by atoms with Crippen LogP contribution in [0.2, 0.25) is 0 Å². The Bertz CT molecular complexity index is 3480. The molecule has 496 valence electrons. The molecule has 2 heterocycles. The number of carboxylic acid groups (broad SMARTS) is 1. The number of amides is 4. The van der Waals surface area contributed by atoms with Gasteiger partial charge in [-0.25, -0.2) is 17.6 Å².